The van der Waals surface area contributed by atoms with Crippen molar-refractivity contribution in [2.24, 2.45) is 0 Å². The number of carbonyl (C=O) groups is 2. The lowest BCUT2D eigenvalue weighted by molar-refractivity contribution is -0.141. The molecule has 0 unspecified atom stereocenters. The van der Waals surface area contributed by atoms with Crippen molar-refractivity contribution in [2.75, 3.05) is 32.7 Å². The first-order valence-electron chi connectivity index (χ1n) is 9.55. The Morgan fingerprint density at radius 3 is 2.18 bits per heavy atom. The Morgan fingerprint density at radius 2 is 1.57 bits per heavy atom. The molecule has 0 bridgehead atoms. The van der Waals surface area contributed by atoms with E-state index in [0.717, 1.165) is 25.2 Å². The molecule has 1 aliphatic rings. The maximum Gasteiger partial charge on any atom is 0.242 e. The van der Waals surface area contributed by atoms with E-state index >= 15 is 0 Å². The van der Waals surface area contributed by atoms with E-state index in [2.05, 4.69) is 17.0 Å². The van der Waals surface area contributed by atoms with E-state index in [4.69, 9.17) is 11.6 Å². The maximum absolute atomic E-state index is 12.7. The summed E-state index contributed by atoms with van der Waals surface area (Å²) in [6, 6.07) is 17.7. The molecule has 0 saturated carbocycles. The highest BCUT2D eigenvalue weighted by atomic mass is 35.5. The first-order chi connectivity index (χ1) is 13.5. The summed E-state index contributed by atoms with van der Waals surface area (Å²) < 4.78 is 0. The third-order valence-electron chi connectivity index (χ3n) is 5.03. The van der Waals surface area contributed by atoms with Gasteiger partial charge >= 0.3 is 0 Å². The second-order valence-electron chi connectivity index (χ2n) is 7.14. The highest BCUT2D eigenvalue weighted by molar-refractivity contribution is 6.30. The molecule has 0 spiro atoms. The number of halogens is 1. The quantitative estimate of drug-likeness (QED) is 0.749. The lowest BCUT2D eigenvalue weighted by Crippen LogP contribution is -2.51. The van der Waals surface area contributed by atoms with Crippen molar-refractivity contribution >= 4 is 23.4 Å². The number of hydrogen-bond donors (Lipinski definition) is 0. The van der Waals surface area contributed by atoms with Crippen molar-refractivity contribution in [3.8, 4) is 0 Å². The van der Waals surface area contributed by atoms with E-state index in [-0.39, 0.29) is 18.4 Å². The van der Waals surface area contributed by atoms with Gasteiger partial charge in [-0.05, 0) is 23.3 Å². The molecule has 1 fully saturated rings. The fourth-order valence-electron chi connectivity index (χ4n) is 3.35. The van der Waals surface area contributed by atoms with Gasteiger partial charge in [0.25, 0.3) is 0 Å². The molecule has 1 aliphatic heterocycles. The van der Waals surface area contributed by atoms with Crippen molar-refractivity contribution in [1.29, 1.82) is 0 Å². The lowest BCUT2D eigenvalue weighted by Gasteiger charge is -2.35. The van der Waals surface area contributed by atoms with Crippen LogP contribution in [0.1, 0.15) is 18.1 Å². The molecule has 148 valence electrons. The average molecular weight is 400 g/mol. The maximum atomic E-state index is 12.7. The van der Waals surface area contributed by atoms with Gasteiger partial charge in [-0.3, -0.25) is 14.5 Å². The minimum absolute atomic E-state index is 0.00326. The molecule has 5 nitrogen and oxygen atoms in total. The number of nitrogens with zero attached hydrogens (tertiary/aromatic N) is 3. The fraction of sp³-hybridized carbons (Fsp3) is 0.364. The Hall–Kier alpha value is -2.37. The van der Waals surface area contributed by atoms with E-state index in [1.54, 1.807) is 17.0 Å². The molecular weight excluding hydrogens is 374 g/mol. The number of amides is 2. The van der Waals surface area contributed by atoms with Crippen LogP contribution in [0.15, 0.2) is 54.6 Å². The monoisotopic (exact) mass is 399 g/mol. The molecule has 0 aliphatic carbocycles. The van der Waals surface area contributed by atoms with Gasteiger partial charge < -0.3 is 9.80 Å². The van der Waals surface area contributed by atoms with Crippen LogP contribution in [-0.4, -0.2) is 59.2 Å². The van der Waals surface area contributed by atoms with Crippen LogP contribution >= 0.6 is 11.6 Å². The first-order valence-corrected chi connectivity index (χ1v) is 9.93. The smallest absolute Gasteiger partial charge is 0.242 e. The molecule has 0 atom stereocenters. The predicted octanol–water partition coefficient (Wildman–Crippen LogP) is 3.03. The standard InChI is InChI=1S/C22H26ClN3O2/c1-18(27)26(16-20-7-9-21(23)10-8-20)17-22(28)25-13-11-24(12-14-25)15-19-5-3-2-4-6-19/h2-10H,11-17H2,1H3. The molecule has 0 N–H and O–H groups in total. The van der Waals surface area contributed by atoms with Crippen LogP contribution in [0.25, 0.3) is 0 Å². The van der Waals surface area contributed by atoms with Gasteiger partial charge in [-0.1, -0.05) is 54.1 Å². The highest BCUT2D eigenvalue weighted by Gasteiger charge is 2.23. The molecule has 1 heterocycles. The number of carbonyl (C=O) groups excluding carboxylic acids is 2. The van der Waals surface area contributed by atoms with E-state index in [0.29, 0.717) is 24.7 Å². The van der Waals surface area contributed by atoms with E-state index in [1.165, 1.54) is 12.5 Å². The van der Waals surface area contributed by atoms with Gasteiger partial charge in [0.15, 0.2) is 0 Å². The Balaban J connectivity index is 1.50. The minimum atomic E-state index is -0.106. The molecule has 2 aromatic rings. The van der Waals surface area contributed by atoms with Crippen LogP contribution in [0.4, 0.5) is 0 Å². The molecule has 3 rings (SSSR count). The number of hydrogen-bond acceptors (Lipinski definition) is 3. The molecular formula is C22H26ClN3O2. The second-order valence-corrected chi connectivity index (χ2v) is 7.58. The molecule has 1 saturated heterocycles. The minimum Gasteiger partial charge on any atom is -0.339 e. The van der Waals surface area contributed by atoms with Crippen molar-refractivity contribution in [1.82, 2.24) is 14.7 Å². The van der Waals surface area contributed by atoms with Gasteiger partial charge in [-0.15, -0.1) is 0 Å². The zero-order valence-electron chi connectivity index (χ0n) is 16.2. The third-order valence-corrected chi connectivity index (χ3v) is 5.28. The van der Waals surface area contributed by atoms with Gasteiger partial charge in [0.2, 0.25) is 11.8 Å². The van der Waals surface area contributed by atoms with Crippen LogP contribution < -0.4 is 0 Å². The zero-order chi connectivity index (χ0) is 19.9. The summed E-state index contributed by atoms with van der Waals surface area (Å²) in [7, 11) is 0. The fourth-order valence-corrected chi connectivity index (χ4v) is 3.48. The average Bonchev–Trinajstić information content (AvgIpc) is 2.70. The Kier molecular flexibility index (Phi) is 7.06. The van der Waals surface area contributed by atoms with Gasteiger partial charge in [0.1, 0.15) is 6.54 Å². The van der Waals surface area contributed by atoms with E-state index in [9.17, 15) is 9.59 Å². The van der Waals surface area contributed by atoms with Gasteiger partial charge in [-0.2, -0.15) is 0 Å². The van der Waals surface area contributed by atoms with Gasteiger partial charge in [0.05, 0.1) is 0 Å². The first kappa shape index (κ1) is 20.4. The summed E-state index contributed by atoms with van der Waals surface area (Å²) in [5, 5.41) is 0.655. The third kappa shape index (κ3) is 5.81. The Bertz CT molecular complexity index is 787. The number of piperazine rings is 1. The lowest BCUT2D eigenvalue weighted by atomic mass is 10.2. The predicted molar refractivity (Wildman–Crippen MR) is 111 cm³/mol. The normalized spacial score (nSPS) is 14.7. The van der Waals surface area contributed by atoms with E-state index in [1.807, 2.05) is 35.2 Å². The molecule has 6 heteroatoms. The number of rotatable bonds is 6. The number of benzene rings is 2. The van der Waals surface area contributed by atoms with Crippen molar-refractivity contribution in [3.05, 3.63) is 70.7 Å². The summed E-state index contributed by atoms with van der Waals surface area (Å²) in [6.07, 6.45) is 0. The van der Waals surface area contributed by atoms with Gasteiger partial charge in [0, 0.05) is 51.2 Å². The van der Waals surface area contributed by atoms with Gasteiger partial charge in [-0.25, -0.2) is 0 Å². The second kappa shape index (κ2) is 9.71. The summed E-state index contributed by atoms with van der Waals surface area (Å²) in [5.74, 6) is -0.102. The van der Waals surface area contributed by atoms with Crippen LogP contribution in [0, 0.1) is 0 Å². The van der Waals surface area contributed by atoms with E-state index < -0.39 is 0 Å². The van der Waals surface area contributed by atoms with Crippen molar-refractivity contribution in [2.45, 2.75) is 20.0 Å². The zero-order valence-corrected chi connectivity index (χ0v) is 16.9. The topological polar surface area (TPSA) is 43.9 Å². The molecule has 2 amide bonds. The summed E-state index contributed by atoms with van der Waals surface area (Å²) >= 11 is 5.91. The SMILES string of the molecule is CC(=O)N(CC(=O)N1CCN(Cc2ccccc2)CC1)Cc1ccc(Cl)cc1. The molecule has 0 aromatic heterocycles. The van der Waals surface area contributed by atoms with Crippen LogP contribution in [-0.2, 0) is 22.7 Å². The van der Waals surface area contributed by atoms with Crippen LogP contribution in [0.3, 0.4) is 0 Å². The van der Waals surface area contributed by atoms with Crippen LogP contribution in [0.2, 0.25) is 5.02 Å². The van der Waals surface area contributed by atoms with Crippen LogP contribution in [0.5, 0.6) is 0 Å². The molecule has 28 heavy (non-hydrogen) atoms. The van der Waals surface area contributed by atoms with Crippen molar-refractivity contribution in [3.63, 3.8) is 0 Å². The summed E-state index contributed by atoms with van der Waals surface area (Å²) in [5.41, 5.74) is 2.24. The largest absolute Gasteiger partial charge is 0.339 e. The van der Waals surface area contributed by atoms with Crippen molar-refractivity contribution < 1.29 is 9.59 Å². The Labute approximate surface area is 171 Å². The summed E-state index contributed by atoms with van der Waals surface area (Å²) in [4.78, 5) is 30.5. The molecule has 2 aromatic carbocycles. The highest BCUT2D eigenvalue weighted by Crippen LogP contribution is 2.13. The summed E-state index contributed by atoms with van der Waals surface area (Å²) in [6.45, 7) is 6.00. The molecule has 0 radical (unpaired) electrons. The Morgan fingerprint density at radius 1 is 0.929 bits per heavy atom.